The second-order valence-corrected chi connectivity index (χ2v) is 6.18. The first kappa shape index (κ1) is 14.6. The Labute approximate surface area is 132 Å². The number of aliphatic hydroxyl groups is 1. The minimum atomic E-state index is -4.77. The first-order valence-electron chi connectivity index (χ1n) is 7.71. The molecule has 0 saturated carbocycles. The van der Waals surface area contributed by atoms with E-state index < -0.39 is 11.8 Å². The molecule has 1 unspecified atom stereocenters. The van der Waals surface area contributed by atoms with Crippen molar-refractivity contribution in [3.05, 3.63) is 53.6 Å². The van der Waals surface area contributed by atoms with Crippen LogP contribution in [-0.2, 0) is 5.60 Å². The third-order valence-corrected chi connectivity index (χ3v) is 4.88. The van der Waals surface area contributed by atoms with Gasteiger partial charge in [-0.25, -0.2) is 0 Å². The third-order valence-electron chi connectivity index (χ3n) is 4.88. The molecule has 0 amide bonds. The van der Waals surface area contributed by atoms with E-state index in [1.165, 1.54) is 18.2 Å². The number of rotatable bonds is 1. The van der Waals surface area contributed by atoms with Crippen LogP contribution in [-0.4, -0.2) is 24.4 Å². The van der Waals surface area contributed by atoms with Crippen LogP contribution >= 0.6 is 0 Å². The molecule has 0 spiro atoms. The molecule has 1 N–H and O–H groups in total. The van der Waals surface area contributed by atoms with E-state index in [9.17, 15) is 18.3 Å². The van der Waals surface area contributed by atoms with E-state index >= 15 is 0 Å². The van der Waals surface area contributed by atoms with Crippen LogP contribution in [0.4, 0.5) is 18.9 Å². The quantitative estimate of drug-likeness (QED) is 0.856. The molecule has 2 aliphatic rings. The van der Waals surface area contributed by atoms with Gasteiger partial charge in [0.25, 0.3) is 0 Å². The maximum absolute atomic E-state index is 13.7. The number of fused-ring (bicyclic) bond motifs is 3. The molecule has 1 fully saturated rings. The average molecular weight is 319 g/mol. The van der Waals surface area contributed by atoms with Gasteiger partial charge in [0.1, 0.15) is 0 Å². The molecule has 5 heteroatoms. The van der Waals surface area contributed by atoms with Gasteiger partial charge in [-0.1, -0.05) is 30.3 Å². The normalized spacial score (nSPS) is 23.0. The van der Waals surface area contributed by atoms with Gasteiger partial charge in [0.2, 0.25) is 5.60 Å². The third kappa shape index (κ3) is 1.92. The highest BCUT2D eigenvalue weighted by atomic mass is 19.4. The minimum Gasteiger partial charge on any atom is -0.372 e. The second kappa shape index (κ2) is 4.74. The lowest BCUT2D eigenvalue weighted by Gasteiger charge is -2.29. The minimum absolute atomic E-state index is 0.0596. The van der Waals surface area contributed by atoms with Crippen molar-refractivity contribution in [2.24, 2.45) is 0 Å². The molecule has 120 valence electrons. The molecule has 0 bridgehead atoms. The van der Waals surface area contributed by atoms with Gasteiger partial charge in [-0.15, -0.1) is 0 Å². The van der Waals surface area contributed by atoms with Crippen molar-refractivity contribution in [3.63, 3.8) is 0 Å². The van der Waals surface area contributed by atoms with Crippen LogP contribution in [0.25, 0.3) is 11.1 Å². The Hall–Kier alpha value is -2.01. The summed E-state index contributed by atoms with van der Waals surface area (Å²) in [6.45, 7) is 1.69. The highest BCUT2D eigenvalue weighted by molar-refractivity contribution is 5.82. The topological polar surface area (TPSA) is 23.5 Å². The number of anilines is 1. The maximum atomic E-state index is 13.7. The van der Waals surface area contributed by atoms with Gasteiger partial charge < -0.3 is 10.0 Å². The van der Waals surface area contributed by atoms with Crippen LogP contribution in [0.3, 0.4) is 0 Å². The molecule has 2 aromatic carbocycles. The van der Waals surface area contributed by atoms with Crippen LogP contribution in [0.2, 0.25) is 0 Å². The van der Waals surface area contributed by atoms with E-state index in [0.717, 1.165) is 31.6 Å². The van der Waals surface area contributed by atoms with Gasteiger partial charge in [-0.05, 0) is 36.1 Å². The zero-order chi connectivity index (χ0) is 16.2. The van der Waals surface area contributed by atoms with Crippen LogP contribution in [0, 0.1) is 0 Å². The van der Waals surface area contributed by atoms with Crippen LogP contribution in [0.1, 0.15) is 24.0 Å². The summed E-state index contributed by atoms with van der Waals surface area (Å²) in [5.41, 5.74) is -1.42. The fourth-order valence-electron chi connectivity index (χ4n) is 3.72. The Morgan fingerprint density at radius 3 is 2.26 bits per heavy atom. The molecule has 2 aromatic rings. The highest BCUT2D eigenvalue weighted by Crippen LogP contribution is 2.55. The maximum Gasteiger partial charge on any atom is 0.425 e. The number of halogens is 3. The Morgan fingerprint density at radius 2 is 1.57 bits per heavy atom. The zero-order valence-corrected chi connectivity index (χ0v) is 12.4. The van der Waals surface area contributed by atoms with Crippen molar-refractivity contribution in [1.29, 1.82) is 0 Å². The zero-order valence-electron chi connectivity index (χ0n) is 12.4. The number of benzene rings is 2. The Bertz CT molecular complexity index is 765. The average Bonchev–Trinajstić information content (AvgIpc) is 3.14. The molecule has 4 rings (SSSR count). The van der Waals surface area contributed by atoms with Gasteiger partial charge >= 0.3 is 6.18 Å². The summed E-state index contributed by atoms with van der Waals surface area (Å²) < 4.78 is 41.2. The largest absolute Gasteiger partial charge is 0.425 e. The summed E-state index contributed by atoms with van der Waals surface area (Å²) in [7, 11) is 0. The van der Waals surface area contributed by atoms with Crippen LogP contribution < -0.4 is 4.90 Å². The van der Waals surface area contributed by atoms with Crippen molar-refractivity contribution in [2.75, 3.05) is 18.0 Å². The van der Waals surface area contributed by atoms with Gasteiger partial charge in [0.15, 0.2) is 0 Å². The number of alkyl halides is 3. The Morgan fingerprint density at radius 1 is 0.913 bits per heavy atom. The van der Waals surface area contributed by atoms with E-state index in [1.807, 2.05) is 6.07 Å². The van der Waals surface area contributed by atoms with E-state index in [0.29, 0.717) is 11.1 Å². The molecule has 2 nitrogen and oxygen atoms in total. The molecule has 1 heterocycles. The first-order chi connectivity index (χ1) is 10.9. The lowest BCUT2D eigenvalue weighted by Crippen LogP contribution is -2.41. The molecule has 1 aliphatic carbocycles. The molecule has 0 aromatic heterocycles. The summed E-state index contributed by atoms with van der Waals surface area (Å²) in [6, 6.07) is 11.3. The monoisotopic (exact) mass is 319 g/mol. The molecule has 1 aliphatic heterocycles. The summed E-state index contributed by atoms with van der Waals surface area (Å²) in [4.78, 5) is 2.07. The standard InChI is InChI=1S/C18H16F3NO/c19-18(20,21)17(23)15-6-2-1-5-13(15)14-8-7-12(11-16(14)17)22-9-3-4-10-22/h1-2,5-8,11,23H,3-4,9-10H2. The van der Waals surface area contributed by atoms with Gasteiger partial charge in [-0.3, -0.25) is 0 Å². The van der Waals surface area contributed by atoms with Crippen molar-refractivity contribution < 1.29 is 18.3 Å². The van der Waals surface area contributed by atoms with Gasteiger partial charge in [-0.2, -0.15) is 13.2 Å². The molecular weight excluding hydrogens is 303 g/mol. The second-order valence-electron chi connectivity index (χ2n) is 6.18. The lowest BCUT2D eigenvalue weighted by atomic mass is 9.90. The smallest absolute Gasteiger partial charge is 0.372 e. The predicted octanol–water partition coefficient (Wildman–Crippen LogP) is 4.07. The summed E-state index contributed by atoms with van der Waals surface area (Å²) in [5, 5.41) is 10.7. The number of nitrogens with zero attached hydrogens (tertiary/aromatic N) is 1. The summed E-state index contributed by atoms with van der Waals surface area (Å²) in [5.74, 6) is 0. The molecule has 0 radical (unpaired) electrons. The molecular formula is C18H16F3NO. The van der Waals surface area contributed by atoms with E-state index in [1.54, 1.807) is 18.2 Å². The number of hydrogen-bond acceptors (Lipinski definition) is 2. The summed E-state index contributed by atoms with van der Waals surface area (Å²) in [6.07, 6.45) is -2.68. The van der Waals surface area contributed by atoms with Crippen molar-refractivity contribution in [3.8, 4) is 11.1 Å². The molecule has 23 heavy (non-hydrogen) atoms. The lowest BCUT2D eigenvalue weighted by molar-refractivity contribution is -0.246. The van der Waals surface area contributed by atoms with E-state index in [-0.39, 0.29) is 11.1 Å². The fourth-order valence-corrected chi connectivity index (χ4v) is 3.72. The SMILES string of the molecule is OC1(C(F)(F)F)c2ccccc2-c2ccc(N3CCCC3)cc21. The predicted molar refractivity (Wildman–Crippen MR) is 82.4 cm³/mol. The van der Waals surface area contributed by atoms with Crippen molar-refractivity contribution in [1.82, 2.24) is 0 Å². The number of hydrogen-bond donors (Lipinski definition) is 1. The van der Waals surface area contributed by atoms with Crippen molar-refractivity contribution >= 4 is 5.69 Å². The van der Waals surface area contributed by atoms with Crippen LogP contribution in [0.15, 0.2) is 42.5 Å². The highest BCUT2D eigenvalue weighted by Gasteiger charge is 2.60. The molecule has 1 atom stereocenters. The van der Waals surface area contributed by atoms with Gasteiger partial charge in [0.05, 0.1) is 0 Å². The summed E-state index contributed by atoms with van der Waals surface area (Å²) >= 11 is 0. The van der Waals surface area contributed by atoms with E-state index in [4.69, 9.17) is 0 Å². The van der Waals surface area contributed by atoms with Crippen LogP contribution in [0.5, 0.6) is 0 Å². The molecule has 1 saturated heterocycles. The Kier molecular flexibility index (Phi) is 3.00. The van der Waals surface area contributed by atoms with Gasteiger partial charge in [0, 0.05) is 29.9 Å². The van der Waals surface area contributed by atoms with E-state index in [2.05, 4.69) is 4.90 Å². The fraction of sp³-hybridized carbons (Fsp3) is 0.333. The van der Waals surface area contributed by atoms with Crippen molar-refractivity contribution in [2.45, 2.75) is 24.6 Å². The Balaban J connectivity index is 1.94. The first-order valence-corrected chi connectivity index (χ1v) is 7.71.